The zero-order valence-corrected chi connectivity index (χ0v) is 10.3. The van der Waals surface area contributed by atoms with Gasteiger partial charge in [0.25, 0.3) is 0 Å². The molecule has 0 saturated heterocycles. The second-order valence-electron chi connectivity index (χ2n) is 3.27. The summed E-state index contributed by atoms with van der Waals surface area (Å²) in [4.78, 5) is 0. The molecule has 0 aliphatic rings. The molecular formula is C10H16BrNO3. The molecule has 2 N–H and O–H groups in total. The second kappa shape index (κ2) is 7.00. The summed E-state index contributed by atoms with van der Waals surface area (Å²) in [7, 11) is 1.58. The van der Waals surface area contributed by atoms with Crippen molar-refractivity contribution in [1.29, 1.82) is 0 Å². The lowest BCUT2D eigenvalue weighted by Gasteiger charge is -2.09. The van der Waals surface area contributed by atoms with E-state index in [0.29, 0.717) is 19.6 Å². The number of rotatable bonds is 7. The molecule has 1 heterocycles. The van der Waals surface area contributed by atoms with Crippen LogP contribution in [0.15, 0.2) is 21.2 Å². The van der Waals surface area contributed by atoms with Gasteiger partial charge in [0.05, 0.1) is 30.0 Å². The first-order chi connectivity index (χ1) is 7.24. The maximum atomic E-state index is 9.36. The lowest BCUT2D eigenvalue weighted by atomic mass is 10.2. The maximum absolute atomic E-state index is 9.36. The van der Waals surface area contributed by atoms with E-state index < -0.39 is 6.10 Å². The Bertz CT molecular complexity index is 277. The van der Waals surface area contributed by atoms with Gasteiger partial charge in [-0.3, -0.25) is 0 Å². The minimum absolute atomic E-state index is 0.381. The molecule has 0 aromatic carbocycles. The van der Waals surface area contributed by atoms with E-state index in [1.807, 2.05) is 6.07 Å². The Hall–Kier alpha value is -0.360. The average Bonchev–Trinajstić information content (AvgIpc) is 2.60. The Balaban J connectivity index is 2.09. The highest BCUT2D eigenvalue weighted by atomic mass is 79.9. The topological polar surface area (TPSA) is 54.6 Å². The van der Waals surface area contributed by atoms with Gasteiger partial charge in [0.1, 0.15) is 5.76 Å². The molecule has 0 aliphatic carbocycles. The Labute approximate surface area is 97.7 Å². The molecule has 0 fully saturated rings. The summed E-state index contributed by atoms with van der Waals surface area (Å²) < 4.78 is 11.0. The summed E-state index contributed by atoms with van der Waals surface area (Å²) in [6.07, 6.45) is 1.91. The van der Waals surface area contributed by atoms with Crippen LogP contribution in [0, 0.1) is 0 Å². The van der Waals surface area contributed by atoms with Crippen LogP contribution in [0.25, 0.3) is 0 Å². The van der Waals surface area contributed by atoms with Crippen molar-refractivity contribution in [2.24, 2.45) is 0 Å². The molecule has 86 valence electrons. The molecular weight excluding hydrogens is 262 g/mol. The Morgan fingerprint density at radius 3 is 3.07 bits per heavy atom. The Morgan fingerprint density at radius 2 is 2.47 bits per heavy atom. The number of halogens is 1. The molecule has 0 saturated carbocycles. The van der Waals surface area contributed by atoms with Crippen molar-refractivity contribution >= 4 is 15.9 Å². The number of methoxy groups -OCH3 is 1. The predicted octanol–water partition coefficient (Wildman–Crippen LogP) is 1.53. The van der Waals surface area contributed by atoms with E-state index in [1.165, 1.54) is 0 Å². The lowest BCUT2D eigenvalue weighted by molar-refractivity contribution is 0.0593. The van der Waals surface area contributed by atoms with Crippen LogP contribution in [0.4, 0.5) is 0 Å². The lowest BCUT2D eigenvalue weighted by Crippen LogP contribution is -2.22. The van der Waals surface area contributed by atoms with Crippen LogP contribution in [0.1, 0.15) is 12.2 Å². The van der Waals surface area contributed by atoms with Gasteiger partial charge in [-0.2, -0.15) is 0 Å². The number of furan rings is 1. The van der Waals surface area contributed by atoms with Gasteiger partial charge in [0.15, 0.2) is 0 Å². The average molecular weight is 278 g/mol. The van der Waals surface area contributed by atoms with Crippen molar-refractivity contribution in [2.45, 2.75) is 19.1 Å². The highest BCUT2D eigenvalue weighted by Gasteiger charge is 2.04. The quantitative estimate of drug-likeness (QED) is 0.743. The molecule has 0 spiro atoms. The molecule has 0 amide bonds. The maximum Gasteiger partial charge on any atom is 0.131 e. The zero-order valence-electron chi connectivity index (χ0n) is 8.70. The van der Waals surface area contributed by atoms with Gasteiger partial charge in [0, 0.05) is 7.11 Å². The van der Waals surface area contributed by atoms with E-state index in [9.17, 15) is 5.11 Å². The monoisotopic (exact) mass is 277 g/mol. The molecule has 1 aromatic rings. The van der Waals surface area contributed by atoms with Crippen LogP contribution < -0.4 is 5.32 Å². The molecule has 1 aromatic heterocycles. The molecule has 1 unspecified atom stereocenters. The van der Waals surface area contributed by atoms with Crippen LogP contribution >= 0.6 is 15.9 Å². The Morgan fingerprint density at radius 1 is 1.67 bits per heavy atom. The second-order valence-corrected chi connectivity index (χ2v) is 4.12. The smallest absolute Gasteiger partial charge is 0.131 e. The van der Waals surface area contributed by atoms with E-state index in [4.69, 9.17) is 9.15 Å². The zero-order chi connectivity index (χ0) is 11.1. The fourth-order valence-electron chi connectivity index (χ4n) is 1.20. The van der Waals surface area contributed by atoms with Crippen LogP contribution in [0.2, 0.25) is 0 Å². The highest BCUT2D eigenvalue weighted by molar-refractivity contribution is 9.10. The van der Waals surface area contributed by atoms with E-state index in [1.54, 1.807) is 13.4 Å². The molecule has 5 heteroatoms. The summed E-state index contributed by atoms with van der Waals surface area (Å²) in [6, 6.07) is 1.86. The predicted molar refractivity (Wildman–Crippen MR) is 60.6 cm³/mol. The first-order valence-corrected chi connectivity index (χ1v) is 5.63. The number of hydrogen-bond donors (Lipinski definition) is 2. The van der Waals surface area contributed by atoms with E-state index >= 15 is 0 Å². The summed E-state index contributed by atoms with van der Waals surface area (Å²) in [5.74, 6) is 0.872. The summed E-state index contributed by atoms with van der Waals surface area (Å²) in [5, 5.41) is 12.5. The van der Waals surface area contributed by atoms with E-state index in [0.717, 1.165) is 16.8 Å². The highest BCUT2D eigenvalue weighted by Crippen LogP contribution is 2.16. The minimum Gasteiger partial charge on any atom is -0.467 e. The van der Waals surface area contributed by atoms with Crippen LogP contribution in [0.5, 0.6) is 0 Å². The summed E-state index contributed by atoms with van der Waals surface area (Å²) >= 11 is 3.37. The third-order valence-corrected chi connectivity index (χ3v) is 2.70. The van der Waals surface area contributed by atoms with Gasteiger partial charge >= 0.3 is 0 Å². The number of ether oxygens (including phenoxy) is 1. The van der Waals surface area contributed by atoms with Crippen molar-refractivity contribution in [3.63, 3.8) is 0 Å². The fourth-order valence-corrected chi connectivity index (χ4v) is 1.54. The van der Waals surface area contributed by atoms with Crippen LogP contribution in [-0.2, 0) is 11.3 Å². The fraction of sp³-hybridized carbons (Fsp3) is 0.600. The molecule has 4 nitrogen and oxygen atoms in total. The number of nitrogens with one attached hydrogen (secondary N) is 1. The van der Waals surface area contributed by atoms with Crippen LogP contribution in [0.3, 0.4) is 0 Å². The molecule has 15 heavy (non-hydrogen) atoms. The summed E-state index contributed by atoms with van der Waals surface area (Å²) in [5.41, 5.74) is 0. The molecule has 0 bridgehead atoms. The molecule has 0 radical (unpaired) electrons. The SMILES string of the molecule is COCC(O)CCNCc1occc1Br. The van der Waals surface area contributed by atoms with Gasteiger partial charge in [-0.15, -0.1) is 0 Å². The standard InChI is InChI=1S/C10H16BrNO3/c1-14-7-8(13)2-4-12-6-10-9(11)3-5-15-10/h3,5,8,12-13H,2,4,6-7H2,1H3. The van der Waals surface area contributed by atoms with Gasteiger partial charge in [-0.1, -0.05) is 0 Å². The van der Waals surface area contributed by atoms with Crippen molar-refractivity contribution in [2.75, 3.05) is 20.3 Å². The van der Waals surface area contributed by atoms with Crippen molar-refractivity contribution in [3.8, 4) is 0 Å². The first-order valence-electron chi connectivity index (χ1n) is 4.83. The molecule has 1 atom stereocenters. The normalized spacial score (nSPS) is 13.0. The first kappa shape index (κ1) is 12.7. The van der Waals surface area contributed by atoms with E-state index in [2.05, 4.69) is 21.2 Å². The Kier molecular flexibility index (Phi) is 5.93. The number of aliphatic hydroxyl groups is 1. The van der Waals surface area contributed by atoms with Gasteiger partial charge in [0.2, 0.25) is 0 Å². The van der Waals surface area contributed by atoms with Crippen molar-refractivity contribution in [1.82, 2.24) is 5.32 Å². The molecule has 0 aliphatic heterocycles. The third kappa shape index (κ3) is 4.79. The van der Waals surface area contributed by atoms with Gasteiger partial charge in [-0.25, -0.2) is 0 Å². The number of hydrogen-bond acceptors (Lipinski definition) is 4. The number of aliphatic hydroxyl groups excluding tert-OH is 1. The van der Waals surface area contributed by atoms with Crippen molar-refractivity contribution in [3.05, 3.63) is 22.6 Å². The van der Waals surface area contributed by atoms with Crippen molar-refractivity contribution < 1.29 is 14.3 Å². The van der Waals surface area contributed by atoms with Crippen LogP contribution in [-0.4, -0.2) is 31.5 Å². The van der Waals surface area contributed by atoms with Gasteiger partial charge in [-0.05, 0) is 35.0 Å². The minimum atomic E-state index is -0.400. The third-order valence-electron chi connectivity index (χ3n) is 1.99. The summed E-state index contributed by atoms with van der Waals surface area (Å²) in [6.45, 7) is 1.77. The van der Waals surface area contributed by atoms with Gasteiger partial charge < -0.3 is 19.6 Å². The largest absolute Gasteiger partial charge is 0.467 e. The molecule has 1 rings (SSSR count). The van der Waals surface area contributed by atoms with E-state index in [-0.39, 0.29) is 0 Å².